The predicted octanol–water partition coefficient (Wildman–Crippen LogP) is 4.43. The number of hydrogen-bond donors (Lipinski definition) is 5. The van der Waals surface area contributed by atoms with E-state index in [4.69, 9.17) is 29.7 Å². The molecule has 4 rings (SSSR count). The fourth-order valence-electron chi connectivity index (χ4n) is 4.61. The number of carboxylic acids is 2. The second-order valence-corrected chi connectivity index (χ2v) is 12.5. The number of benzene rings is 2. The summed E-state index contributed by atoms with van der Waals surface area (Å²) in [6.45, 7) is 3.53. The highest BCUT2D eigenvalue weighted by Crippen LogP contribution is 2.36. The van der Waals surface area contributed by atoms with Crippen molar-refractivity contribution >= 4 is 38.6 Å². The van der Waals surface area contributed by atoms with Gasteiger partial charge in [0.15, 0.2) is 9.84 Å². The van der Waals surface area contributed by atoms with Gasteiger partial charge in [-0.3, -0.25) is 15.0 Å². The summed E-state index contributed by atoms with van der Waals surface area (Å²) in [7, 11) is -3.64. The first kappa shape index (κ1) is 39.7. The van der Waals surface area contributed by atoms with Crippen molar-refractivity contribution in [3.05, 3.63) is 65.9 Å². The summed E-state index contributed by atoms with van der Waals surface area (Å²) in [5.74, 6) is -5.68. The number of aliphatic carboxylic acids is 2. The van der Waals surface area contributed by atoms with E-state index in [1.54, 1.807) is 29.7 Å². The smallest absolute Gasteiger partial charge is 0.489 e. The quantitative estimate of drug-likeness (QED) is 0.126. The number of pyridine rings is 1. The van der Waals surface area contributed by atoms with Crippen molar-refractivity contribution in [2.24, 2.45) is 5.41 Å². The van der Waals surface area contributed by atoms with Gasteiger partial charge in [-0.05, 0) is 74.7 Å². The number of amides is 1. The van der Waals surface area contributed by atoms with Gasteiger partial charge in [-0.25, -0.2) is 23.5 Å². The summed E-state index contributed by atoms with van der Waals surface area (Å²) in [4.78, 5) is 34.4. The Morgan fingerprint density at radius 3 is 1.96 bits per heavy atom. The summed E-state index contributed by atoms with van der Waals surface area (Å²) in [5.41, 5.74) is 3.74. The number of fused-ring (bicyclic) bond motifs is 1. The van der Waals surface area contributed by atoms with Crippen LogP contribution >= 0.6 is 0 Å². The maximum absolute atomic E-state index is 13.2. The second kappa shape index (κ2) is 16.6. The number of piperidine rings is 1. The number of carbonyl (C=O) groups excluding carboxylic acids is 1. The van der Waals surface area contributed by atoms with Crippen LogP contribution in [0.15, 0.2) is 59.5 Å². The Balaban J connectivity index is 0.000000479. The Kier molecular flexibility index (Phi) is 13.7. The van der Waals surface area contributed by atoms with Crippen LogP contribution in [0.1, 0.15) is 30.5 Å². The Hall–Kier alpha value is -4.49. The van der Waals surface area contributed by atoms with Gasteiger partial charge in [-0.1, -0.05) is 18.2 Å². The highest BCUT2D eigenvalue weighted by molar-refractivity contribution is 7.91. The van der Waals surface area contributed by atoms with Crippen LogP contribution in [0.5, 0.6) is 5.75 Å². The fourth-order valence-corrected chi connectivity index (χ4v) is 6.53. The zero-order chi connectivity index (χ0) is 36.3. The van der Waals surface area contributed by atoms with Crippen LogP contribution in [0.25, 0.3) is 10.9 Å². The van der Waals surface area contributed by atoms with Gasteiger partial charge in [0.05, 0.1) is 16.2 Å². The van der Waals surface area contributed by atoms with Gasteiger partial charge in [0.25, 0.3) is 0 Å². The van der Waals surface area contributed by atoms with Crippen molar-refractivity contribution in [2.45, 2.75) is 50.0 Å². The highest BCUT2D eigenvalue weighted by atomic mass is 32.2. The molecule has 48 heavy (non-hydrogen) atoms. The third-order valence-electron chi connectivity index (χ3n) is 6.81. The molecule has 0 radical (unpaired) electrons. The number of ether oxygens (including phenoxy) is 1. The first-order valence-corrected chi connectivity index (χ1v) is 15.4. The molecule has 3 aromatic rings. The SMILES string of the molecule is Cc1cc(COc2ccc(S(=O)(=O)CC3(CC(=O)NO)CCNCC3)cc2)c2ccccc2n1.O=C(O)C(F)(F)F.O=C(O)C(F)(F)F. The predicted molar refractivity (Wildman–Crippen MR) is 156 cm³/mol. The number of carboxylic acid groups (broad SMARTS) is 2. The number of sulfone groups is 1. The molecule has 2 heterocycles. The Morgan fingerprint density at radius 2 is 1.46 bits per heavy atom. The highest BCUT2D eigenvalue weighted by Gasteiger charge is 2.40. The number of rotatable bonds is 8. The molecular weight excluding hydrogens is 680 g/mol. The van der Waals surface area contributed by atoms with Gasteiger partial charge >= 0.3 is 24.3 Å². The summed E-state index contributed by atoms with van der Waals surface area (Å²) in [6.07, 6.45) is -9.12. The minimum Gasteiger partial charge on any atom is -0.489 e. The van der Waals surface area contributed by atoms with E-state index in [1.165, 1.54) is 0 Å². The van der Waals surface area contributed by atoms with Gasteiger partial charge < -0.3 is 20.3 Å². The molecule has 0 spiro atoms. The van der Waals surface area contributed by atoms with Crippen molar-refractivity contribution in [3.8, 4) is 5.75 Å². The number of aromatic nitrogens is 1. The number of alkyl halides is 6. The molecule has 1 fully saturated rings. The van der Waals surface area contributed by atoms with Crippen molar-refractivity contribution in [2.75, 3.05) is 18.8 Å². The van der Waals surface area contributed by atoms with Gasteiger partial charge in [0.2, 0.25) is 5.91 Å². The lowest BCUT2D eigenvalue weighted by Crippen LogP contribution is -2.44. The summed E-state index contributed by atoms with van der Waals surface area (Å²) in [6, 6.07) is 16.3. The standard InChI is InChI=1S/C25H29N3O5S.2C2HF3O2/c1-18-14-19(22-4-2-3-5-23(22)27-18)16-33-20-6-8-21(9-7-20)34(31,32)17-25(15-24(29)28-30)10-12-26-13-11-25;2*3-2(4,5)1(6)7/h2-9,14,26,30H,10-13,15-17H2,1H3,(H,28,29);2*(H,6,7). The van der Waals surface area contributed by atoms with Crippen molar-refractivity contribution in [3.63, 3.8) is 0 Å². The Morgan fingerprint density at radius 1 is 0.938 bits per heavy atom. The van der Waals surface area contributed by atoms with E-state index in [-0.39, 0.29) is 17.1 Å². The van der Waals surface area contributed by atoms with Crippen LogP contribution in [-0.4, -0.2) is 77.9 Å². The molecule has 5 N–H and O–H groups in total. The average Bonchev–Trinajstić information content (AvgIpc) is 2.99. The van der Waals surface area contributed by atoms with Crippen LogP contribution in [-0.2, 0) is 30.8 Å². The number of hydroxylamine groups is 1. The zero-order valence-electron chi connectivity index (χ0n) is 25.1. The maximum atomic E-state index is 13.2. The van der Waals surface area contributed by atoms with Crippen molar-refractivity contribution in [1.82, 2.24) is 15.8 Å². The van der Waals surface area contributed by atoms with E-state index in [1.807, 2.05) is 37.3 Å². The fraction of sp³-hybridized carbons (Fsp3) is 0.379. The number of hydrogen-bond acceptors (Lipinski definition) is 9. The second-order valence-electron chi connectivity index (χ2n) is 10.5. The normalized spacial score (nSPS) is 14.4. The molecule has 1 amide bonds. The molecule has 1 saturated heterocycles. The van der Waals surface area contributed by atoms with Crippen molar-refractivity contribution < 1.29 is 69.3 Å². The minimum atomic E-state index is -5.08. The largest absolute Gasteiger partial charge is 0.490 e. The van der Waals surface area contributed by atoms with Crippen LogP contribution in [0.3, 0.4) is 0 Å². The topological polar surface area (TPSA) is 192 Å². The van der Waals surface area contributed by atoms with Gasteiger partial charge in [-0.15, -0.1) is 0 Å². The van der Waals surface area contributed by atoms with Crippen LogP contribution < -0.4 is 15.5 Å². The number of nitrogens with one attached hydrogen (secondary N) is 2. The molecule has 12 nitrogen and oxygen atoms in total. The molecule has 19 heteroatoms. The third kappa shape index (κ3) is 12.3. The van der Waals surface area contributed by atoms with Crippen molar-refractivity contribution in [1.29, 1.82) is 0 Å². The van der Waals surface area contributed by atoms with E-state index in [0.717, 1.165) is 22.2 Å². The molecule has 1 aliphatic rings. The summed E-state index contributed by atoms with van der Waals surface area (Å²) in [5, 5.41) is 27.4. The summed E-state index contributed by atoms with van der Waals surface area (Å²) < 4.78 is 95.8. The van der Waals surface area contributed by atoms with Gasteiger partial charge in [-0.2, -0.15) is 26.3 Å². The molecule has 1 aliphatic heterocycles. The minimum absolute atomic E-state index is 0.0368. The van der Waals surface area contributed by atoms with E-state index < -0.39 is 45.5 Å². The average molecular weight is 712 g/mol. The molecular formula is C29H31F6N3O9S. The maximum Gasteiger partial charge on any atom is 0.490 e. The van der Waals surface area contributed by atoms with E-state index in [0.29, 0.717) is 38.3 Å². The Bertz CT molecular complexity index is 1650. The van der Waals surface area contributed by atoms with Gasteiger partial charge in [0.1, 0.15) is 12.4 Å². The van der Waals surface area contributed by atoms with E-state index in [9.17, 15) is 39.6 Å². The van der Waals surface area contributed by atoms with Crippen LogP contribution in [0.2, 0.25) is 0 Å². The number of carbonyl (C=O) groups is 3. The lowest BCUT2D eigenvalue weighted by Gasteiger charge is -2.36. The molecule has 0 aliphatic carbocycles. The summed E-state index contributed by atoms with van der Waals surface area (Å²) >= 11 is 0. The monoisotopic (exact) mass is 711 g/mol. The number of nitrogens with zero attached hydrogens (tertiary/aromatic N) is 1. The molecule has 1 aromatic heterocycles. The third-order valence-corrected chi connectivity index (χ3v) is 8.80. The van der Waals surface area contributed by atoms with Gasteiger partial charge in [0, 0.05) is 23.1 Å². The number of aryl methyl sites for hydroxylation is 1. The lowest BCUT2D eigenvalue weighted by atomic mass is 9.78. The molecule has 0 unspecified atom stereocenters. The van der Waals surface area contributed by atoms with E-state index >= 15 is 0 Å². The number of halogens is 6. The lowest BCUT2D eigenvalue weighted by molar-refractivity contribution is -0.193. The first-order valence-electron chi connectivity index (χ1n) is 13.7. The molecule has 264 valence electrons. The molecule has 0 bridgehead atoms. The number of para-hydroxylation sites is 1. The zero-order valence-corrected chi connectivity index (χ0v) is 25.9. The Labute approximate surface area is 269 Å². The molecule has 0 saturated carbocycles. The molecule has 2 aromatic carbocycles. The van der Waals surface area contributed by atoms with E-state index in [2.05, 4.69) is 10.3 Å². The van der Waals surface area contributed by atoms with Crippen LogP contribution in [0, 0.1) is 12.3 Å². The van der Waals surface area contributed by atoms with Crippen LogP contribution in [0.4, 0.5) is 26.3 Å². The first-order chi connectivity index (χ1) is 22.2. The molecule has 0 atom stereocenters.